The maximum Gasteiger partial charge on any atom is 0.160 e. The predicted octanol–water partition coefficient (Wildman–Crippen LogP) is 22.2. The van der Waals surface area contributed by atoms with E-state index in [9.17, 15) is 0 Å². The van der Waals surface area contributed by atoms with Gasteiger partial charge < -0.3 is 18.9 Å². The summed E-state index contributed by atoms with van der Waals surface area (Å²) >= 11 is 4.18. The van der Waals surface area contributed by atoms with Crippen LogP contribution in [-0.2, 0) is 18.9 Å². The van der Waals surface area contributed by atoms with Crippen LogP contribution in [0.15, 0.2) is 0 Å². The van der Waals surface area contributed by atoms with Gasteiger partial charge in [-0.1, -0.05) is 323 Å². The van der Waals surface area contributed by atoms with E-state index in [1.807, 2.05) is 0 Å². The van der Waals surface area contributed by atoms with Gasteiger partial charge in [-0.05, 0) is 24.3 Å². The van der Waals surface area contributed by atoms with Crippen LogP contribution in [0, 0.1) is 17.3 Å². The molecule has 2 atom stereocenters. The minimum absolute atomic E-state index is 0.0983. The summed E-state index contributed by atoms with van der Waals surface area (Å²) < 4.78 is 25.3. The average molecular weight is 1040 g/mol. The summed E-state index contributed by atoms with van der Waals surface area (Å²) in [6, 6.07) is 0. The maximum atomic E-state index is 6.32. The van der Waals surface area contributed by atoms with E-state index in [0.29, 0.717) is 38.3 Å². The molecule has 0 N–H and O–H groups in total. The van der Waals surface area contributed by atoms with Crippen LogP contribution >= 0.6 is 23.5 Å². The molecule has 2 heterocycles. The Morgan fingerprint density at radius 2 is 0.451 bits per heavy atom. The second kappa shape index (κ2) is 52.6. The number of ether oxygens (including phenoxy) is 4. The molecule has 424 valence electrons. The van der Waals surface area contributed by atoms with Gasteiger partial charge in [0, 0.05) is 23.3 Å². The first-order valence-electron chi connectivity index (χ1n) is 32.7. The Labute approximate surface area is 455 Å². The molecule has 0 amide bonds. The van der Waals surface area contributed by atoms with Crippen molar-refractivity contribution in [3.8, 4) is 0 Å². The third-order valence-corrected chi connectivity index (χ3v) is 18.9. The monoisotopic (exact) mass is 1040 g/mol. The number of hydrogen-bond acceptors (Lipinski definition) is 6. The number of hydrogen-bond donors (Lipinski definition) is 0. The molecule has 0 aromatic rings. The molecule has 0 bridgehead atoms. The van der Waals surface area contributed by atoms with Crippen molar-refractivity contribution in [1.82, 2.24) is 0 Å². The summed E-state index contributed by atoms with van der Waals surface area (Å²) in [5.74, 6) is 5.57. The summed E-state index contributed by atoms with van der Waals surface area (Å²) in [5.41, 5.74) is -0.149. The Morgan fingerprint density at radius 1 is 0.282 bits per heavy atom. The van der Waals surface area contributed by atoms with Gasteiger partial charge in [-0.15, -0.1) is 0 Å². The molecule has 2 aliphatic heterocycles. The molecule has 0 radical (unpaired) electrons. The van der Waals surface area contributed by atoms with Crippen molar-refractivity contribution in [1.29, 1.82) is 0 Å². The van der Waals surface area contributed by atoms with Crippen LogP contribution in [0.4, 0.5) is 0 Å². The summed E-state index contributed by atoms with van der Waals surface area (Å²) in [5, 5.41) is 0. The highest BCUT2D eigenvalue weighted by Gasteiger charge is 2.43. The van der Waals surface area contributed by atoms with E-state index < -0.39 is 0 Å². The minimum Gasteiger partial charge on any atom is -0.352 e. The van der Waals surface area contributed by atoms with Crippen molar-refractivity contribution in [3.63, 3.8) is 0 Å². The fourth-order valence-electron chi connectivity index (χ4n) is 11.1. The smallest absolute Gasteiger partial charge is 0.160 e. The van der Waals surface area contributed by atoms with Crippen LogP contribution in [0.5, 0.6) is 0 Å². The first-order valence-corrected chi connectivity index (χ1v) is 35.0. The normalized spacial score (nSPS) is 19.3. The van der Waals surface area contributed by atoms with Crippen molar-refractivity contribution in [3.05, 3.63) is 0 Å². The highest BCUT2D eigenvalue weighted by atomic mass is 32.2. The van der Waals surface area contributed by atoms with Gasteiger partial charge in [0.2, 0.25) is 0 Å². The highest BCUT2D eigenvalue weighted by molar-refractivity contribution is 7.99. The van der Waals surface area contributed by atoms with Gasteiger partial charge >= 0.3 is 0 Å². The van der Waals surface area contributed by atoms with Crippen LogP contribution in [0.3, 0.4) is 0 Å². The molecule has 0 saturated carbocycles. The highest BCUT2D eigenvalue weighted by Crippen LogP contribution is 2.34. The third-order valence-electron chi connectivity index (χ3n) is 16.2. The van der Waals surface area contributed by atoms with Crippen molar-refractivity contribution < 1.29 is 18.9 Å². The van der Waals surface area contributed by atoms with E-state index in [-0.39, 0.29) is 18.0 Å². The van der Waals surface area contributed by atoms with Crippen LogP contribution in [0.1, 0.15) is 336 Å². The quantitative estimate of drug-likeness (QED) is 0.0565. The lowest BCUT2D eigenvalue weighted by Crippen LogP contribution is -2.54. The molecule has 2 rings (SSSR count). The largest absolute Gasteiger partial charge is 0.352 e. The second-order valence-corrected chi connectivity index (χ2v) is 26.1. The lowest BCUT2D eigenvalue weighted by molar-refractivity contribution is -0.315. The Kier molecular flexibility index (Phi) is 50.1. The van der Waals surface area contributed by atoms with Crippen LogP contribution in [0.25, 0.3) is 0 Å². The third kappa shape index (κ3) is 42.3. The first-order chi connectivity index (χ1) is 35.1. The Hall–Kier alpha value is 0.540. The van der Waals surface area contributed by atoms with E-state index in [0.717, 1.165) is 11.5 Å². The van der Waals surface area contributed by atoms with Gasteiger partial charge in [-0.25, -0.2) is 0 Å². The number of unbranched alkanes of at least 4 members (excludes halogenated alkanes) is 46. The van der Waals surface area contributed by atoms with Gasteiger partial charge in [0.05, 0.1) is 31.8 Å². The molecule has 71 heavy (non-hydrogen) atoms. The molecule has 2 aliphatic rings. The van der Waals surface area contributed by atoms with Crippen LogP contribution in [0.2, 0.25) is 0 Å². The predicted molar refractivity (Wildman–Crippen MR) is 320 cm³/mol. The molecule has 0 aromatic heterocycles. The molecule has 6 heteroatoms. The SMILES string of the molecule is CCCCCCCCCCCCCCCCCCCCCCCCCCSCC(C)C1OCC2(CO1)COC(C(C)CSCCCCCCCCCCCCCCCCCCCCCCCCCC)OC2. The van der Waals surface area contributed by atoms with E-state index in [1.54, 1.807) is 0 Å². The van der Waals surface area contributed by atoms with Gasteiger partial charge in [-0.2, -0.15) is 23.5 Å². The van der Waals surface area contributed by atoms with E-state index >= 15 is 0 Å². The topological polar surface area (TPSA) is 36.9 Å². The molecule has 2 saturated heterocycles. The minimum atomic E-state index is -0.149. The van der Waals surface area contributed by atoms with Crippen molar-refractivity contribution in [2.75, 3.05) is 49.4 Å². The second-order valence-electron chi connectivity index (χ2n) is 23.8. The maximum absolute atomic E-state index is 6.32. The summed E-state index contributed by atoms with van der Waals surface area (Å²) in [4.78, 5) is 0. The average Bonchev–Trinajstić information content (AvgIpc) is 3.38. The molecule has 4 nitrogen and oxygen atoms in total. The molecule has 2 unspecified atom stereocenters. The zero-order valence-corrected chi connectivity index (χ0v) is 50.5. The van der Waals surface area contributed by atoms with Gasteiger partial charge in [0.25, 0.3) is 0 Å². The van der Waals surface area contributed by atoms with Crippen molar-refractivity contribution in [2.24, 2.45) is 17.3 Å². The van der Waals surface area contributed by atoms with Crippen LogP contribution < -0.4 is 0 Å². The van der Waals surface area contributed by atoms with E-state index in [2.05, 4.69) is 51.2 Å². The molecule has 0 aromatic carbocycles. The van der Waals surface area contributed by atoms with E-state index in [1.165, 1.54) is 320 Å². The fourth-order valence-corrected chi connectivity index (χ4v) is 13.3. The van der Waals surface area contributed by atoms with Gasteiger partial charge in [0.1, 0.15) is 0 Å². The Balaban J connectivity index is 1.26. The van der Waals surface area contributed by atoms with Crippen LogP contribution in [-0.4, -0.2) is 62.0 Å². The zero-order chi connectivity index (χ0) is 50.7. The number of thioether (sulfide) groups is 2. The Morgan fingerprint density at radius 3 is 0.634 bits per heavy atom. The molecule has 1 spiro atoms. The van der Waals surface area contributed by atoms with E-state index in [4.69, 9.17) is 18.9 Å². The summed E-state index contributed by atoms with van der Waals surface area (Å²) in [6.45, 7) is 11.9. The first kappa shape index (κ1) is 67.6. The van der Waals surface area contributed by atoms with Gasteiger partial charge in [-0.3, -0.25) is 0 Å². The van der Waals surface area contributed by atoms with Crippen molar-refractivity contribution >= 4 is 23.5 Å². The molecular weight excluding hydrogens is 909 g/mol. The van der Waals surface area contributed by atoms with Gasteiger partial charge in [0.15, 0.2) is 12.6 Å². The standard InChI is InChI=1S/C65H128O4S2/c1-5-7-9-11-13-15-17-19-21-23-25-27-29-31-33-35-37-39-41-43-45-47-49-51-53-70-55-61(3)63-66-57-65(58-67-63)59-68-64(69-60-65)62(4)56-71-54-52-50-48-46-44-42-40-38-36-34-32-30-28-26-24-22-20-18-16-14-12-10-8-6-2/h61-64H,5-60H2,1-4H3. The molecule has 0 aliphatic carbocycles. The summed E-state index contributed by atoms with van der Waals surface area (Å²) in [7, 11) is 0. The lowest BCUT2D eigenvalue weighted by atomic mass is 9.90. The number of rotatable bonds is 56. The van der Waals surface area contributed by atoms with Crippen molar-refractivity contribution in [2.45, 2.75) is 348 Å². The molecule has 2 fully saturated rings. The molecular formula is C65H128O4S2. The zero-order valence-electron chi connectivity index (χ0n) is 48.9. The fraction of sp³-hybridized carbons (Fsp3) is 1.00. The summed E-state index contributed by atoms with van der Waals surface area (Å²) in [6.07, 6.45) is 69.4. The Bertz CT molecular complexity index is 945. The lowest BCUT2D eigenvalue weighted by Gasteiger charge is -2.45.